The molecule has 1 N–H and O–H groups in total. The maximum absolute atomic E-state index is 12.6. The molecule has 0 unspecified atom stereocenters. The number of nitrogens with zero attached hydrogens (tertiary/aromatic N) is 1. The maximum Gasteiger partial charge on any atom is 0.254 e. The fraction of sp³-hybridized carbons (Fsp3) is 0.130. The van der Waals surface area contributed by atoms with Crippen LogP contribution in [0, 0.1) is 0 Å². The highest BCUT2D eigenvalue weighted by atomic mass is 16.5. The first-order valence-corrected chi connectivity index (χ1v) is 9.07. The minimum Gasteiger partial charge on any atom is -0.497 e. The minimum absolute atomic E-state index is 0.0711. The second-order valence-electron chi connectivity index (χ2n) is 6.38. The highest BCUT2D eigenvalue weighted by Gasteiger charge is 2.15. The second-order valence-corrected chi connectivity index (χ2v) is 6.38. The quantitative estimate of drug-likeness (QED) is 0.657. The molecule has 2 amide bonds. The summed E-state index contributed by atoms with van der Waals surface area (Å²) in [5.41, 5.74) is 1.08. The normalized spacial score (nSPS) is 10.1. The number of rotatable bonds is 7. The largest absolute Gasteiger partial charge is 0.497 e. The Hall–Kier alpha value is -3.80. The van der Waals surface area contributed by atoms with Gasteiger partial charge in [0.25, 0.3) is 5.91 Å². The van der Waals surface area contributed by atoms with Crippen molar-refractivity contribution in [1.82, 2.24) is 4.90 Å². The number of ether oxygens (including phenoxy) is 2. The third-order valence-corrected chi connectivity index (χ3v) is 4.16. The molecule has 148 valence electrons. The molecule has 0 atom stereocenters. The van der Waals surface area contributed by atoms with Crippen molar-refractivity contribution in [1.29, 1.82) is 0 Å². The molecule has 0 spiro atoms. The zero-order chi connectivity index (χ0) is 20.6. The summed E-state index contributed by atoms with van der Waals surface area (Å²) in [4.78, 5) is 26.2. The van der Waals surface area contributed by atoms with E-state index in [1.807, 2.05) is 30.3 Å². The smallest absolute Gasteiger partial charge is 0.254 e. The zero-order valence-electron chi connectivity index (χ0n) is 16.3. The third kappa shape index (κ3) is 5.59. The van der Waals surface area contributed by atoms with Gasteiger partial charge in [0.05, 0.1) is 13.7 Å². The molecule has 6 nitrogen and oxygen atoms in total. The van der Waals surface area contributed by atoms with Crippen LogP contribution in [0.3, 0.4) is 0 Å². The molecule has 3 aromatic carbocycles. The van der Waals surface area contributed by atoms with Gasteiger partial charge in [-0.05, 0) is 48.5 Å². The average molecular weight is 390 g/mol. The molecular formula is C23H22N2O4. The lowest BCUT2D eigenvalue weighted by Gasteiger charge is -2.17. The zero-order valence-corrected chi connectivity index (χ0v) is 16.3. The first-order chi connectivity index (χ1) is 14.0. The van der Waals surface area contributed by atoms with Gasteiger partial charge in [-0.3, -0.25) is 9.59 Å². The molecule has 0 fully saturated rings. The van der Waals surface area contributed by atoms with Crippen LogP contribution in [0.25, 0.3) is 0 Å². The summed E-state index contributed by atoms with van der Waals surface area (Å²) >= 11 is 0. The highest BCUT2D eigenvalue weighted by Crippen LogP contribution is 2.21. The van der Waals surface area contributed by atoms with E-state index in [4.69, 9.17) is 9.47 Å². The van der Waals surface area contributed by atoms with Crippen molar-refractivity contribution in [2.75, 3.05) is 26.0 Å². The van der Waals surface area contributed by atoms with E-state index in [2.05, 4.69) is 5.32 Å². The van der Waals surface area contributed by atoms with Crippen LogP contribution < -0.4 is 14.8 Å². The number of para-hydroxylation sites is 1. The van der Waals surface area contributed by atoms with Crippen LogP contribution in [0.1, 0.15) is 10.4 Å². The Bertz CT molecular complexity index is 972. The maximum atomic E-state index is 12.6. The number of anilines is 1. The molecule has 0 aliphatic heterocycles. The van der Waals surface area contributed by atoms with E-state index in [0.717, 1.165) is 5.75 Å². The summed E-state index contributed by atoms with van der Waals surface area (Å²) in [5.74, 6) is 1.45. The standard InChI is InChI=1S/C23H22N2O4/c1-25(16-22(26)24-18-7-6-10-21(15-18)28-2)23(27)17-11-13-20(14-12-17)29-19-8-4-3-5-9-19/h3-15H,16H2,1-2H3,(H,24,26). The monoisotopic (exact) mass is 390 g/mol. The molecular weight excluding hydrogens is 368 g/mol. The van der Waals surface area contributed by atoms with Crippen LogP contribution in [-0.4, -0.2) is 37.4 Å². The van der Waals surface area contributed by atoms with Crippen molar-refractivity contribution in [3.8, 4) is 17.2 Å². The van der Waals surface area contributed by atoms with E-state index in [-0.39, 0.29) is 18.4 Å². The van der Waals surface area contributed by atoms with Crippen LogP contribution in [0.5, 0.6) is 17.2 Å². The first kappa shape index (κ1) is 19.9. The average Bonchev–Trinajstić information content (AvgIpc) is 2.74. The van der Waals surface area contributed by atoms with Crippen molar-refractivity contribution in [3.63, 3.8) is 0 Å². The van der Waals surface area contributed by atoms with Crippen LogP contribution in [0.2, 0.25) is 0 Å². The summed E-state index contributed by atoms with van der Waals surface area (Å²) < 4.78 is 10.9. The van der Waals surface area contributed by atoms with Gasteiger partial charge >= 0.3 is 0 Å². The molecule has 0 saturated carbocycles. The van der Waals surface area contributed by atoms with Crippen molar-refractivity contribution >= 4 is 17.5 Å². The Morgan fingerprint density at radius 1 is 0.862 bits per heavy atom. The summed E-state index contributed by atoms with van der Waals surface area (Å²) in [5, 5.41) is 2.76. The highest BCUT2D eigenvalue weighted by molar-refractivity contribution is 5.99. The van der Waals surface area contributed by atoms with Crippen LogP contribution >= 0.6 is 0 Å². The first-order valence-electron chi connectivity index (χ1n) is 9.07. The molecule has 29 heavy (non-hydrogen) atoms. The fourth-order valence-electron chi connectivity index (χ4n) is 2.70. The topological polar surface area (TPSA) is 67.9 Å². The number of nitrogens with one attached hydrogen (secondary N) is 1. The number of hydrogen-bond donors (Lipinski definition) is 1. The van der Waals surface area contributed by atoms with E-state index in [1.54, 1.807) is 62.7 Å². The molecule has 3 aromatic rings. The predicted octanol–water partition coefficient (Wildman–Crippen LogP) is 4.20. The van der Waals surface area contributed by atoms with Crippen molar-refractivity contribution in [2.45, 2.75) is 0 Å². The van der Waals surface area contributed by atoms with Crippen LogP contribution in [0.4, 0.5) is 5.69 Å². The van der Waals surface area contributed by atoms with E-state index >= 15 is 0 Å². The van der Waals surface area contributed by atoms with E-state index < -0.39 is 0 Å². The number of benzene rings is 3. The lowest BCUT2D eigenvalue weighted by molar-refractivity contribution is -0.116. The SMILES string of the molecule is COc1cccc(NC(=O)CN(C)C(=O)c2ccc(Oc3ccccc3)cc2)c1. The predicted molar refractivity (Wildman–Crippen MR) is 112 cm³/mol. The van der Waals surface area contributed by atoms with Gasteiger partial charge < -0.3 is 19.7 Å². The summed E-state index contributed by atoms with van der Waals surface area (Å²) in [6, 6.07) is 23.2. The van der Waals surface area contributed by atoms with Gasteiger partial charge in [-0.25, -0.2) is 0 Å². The summed E-state index contributed by atoms with van der Waals surface area (Å²) in [7, 11) is 3.14. The lowest BCUT2D eigenvalue weighted by atomic mass is 10.2. The fourth-order valence-corrected chi connectivity index (χ4v) is 2.70. The number of amides is 2. The van der Waals surface area contributed by atoms with Gasteiger partial charge in [0.1, 0.15) is 17.2 Å². The molecule has 0 heterocycles. The van der Waals surface area contributed by atoms with Gasteiger partial charge in [0.15, 0.2) is 0 Å². The Morgan fingerprint density at radius 2 is 1.52 bits per heavy atom. The summed E-state index contributed by atoms with van der Waals surface area (Å²) in [6.07, 6.45) is 0. The number of methoxy groups -OCH3 is 1. The third-order valence-electron chi connectivity index (χ3n) is 4.16. The van der Waals surface area contributed by atoms with Crippen LogP contribution in [0.15, 0.2) is 78.9 Å². The summed E-state index contributed by atoms with van der Waals surface area (Å²) in [6.45, 7) is -0.0711. The Morgan fingerprint density at radius 3 is 2.21 bits per heavy atom. The molecule has 6 heteroatoms. The number of carbonyl (C=O) groups excluding carboxylic acids is 2. The van der Waals surface area contributed by atoms with Gasteiger partial charge in [-0.1, -0.05) is 24.3 Å². The second kappa shape index (κ2) is 9.41. The molecule has 3 rings (SSSR count). The molecule has 0 aliphatic carbocycles. The van der Waals surface area contributed by atoms with Crippen molar-refractivity contribution in [2.24, 2.45) is 0 Å². The van der Waals surface area contributed by atoms with Gasteiger partial charge in [0, 0.05) is 24.4 Å². The molecule has 0 aromatic heterocycles. The minimum atomic E-state index is -0.293. The Labute approximate surface area is 169 Å². The van der Waals surface area contributed by atoms with Crippen molar-refractivity contribution in [3.05, 3.63) is 84.4 Å². The number of hydrogen-bond acceptors (Lipinski definition) is 4. The van der Waals surface area contributed by atoms with E-state index in [9.17, 15) is 9.59 Å². The van der Waals surface area contributed by atoms with Gasteiger partial charge in [-0.15, -0.1) is 0 Å². The molecule has 0 aliphatic rings. The van der Waals surface area contributed by atoms with Gasteiger partial charge in [-0.2, -0.15) is 0 Å². The lowest BCUT2D eigenvalue weighted by Crippen LogP contribution is -2.34. The Balaban J connectivity index is 1.57. The van der Waals surface area contributed by atoms with E-state index in [0.29, 0.717) is 22.7 Å². The van der Waals surface area contributed by atoms with Crippen molar-refractivity contribution < 1.29 is 19.1 Å². The molecule has 0 radical (unpaired) electrons. The number of carbonyl (C=O) groups is 2. The van der Waals surface area contributed by atoms with Crippen LogP contribution in [-0.2, 0) is 4.79 Å². The van der Waals surface area contributed by atoms with E-state index in [1.165, 1.54) is 4.90 Å². The van der Waals surface area contributed by atoms with Gasteiger partial charge in [0.2, 0.25) is 5.91 Å². The molecule has 0 saturated heterocycles. The Kier molecular flexibility index (Phi) is 6.47. The molecule has 0 bridgehead atoms. The number of likely N-dealkylation sites (N-methyl/N-ethyl adjacent to an activating group) is 1.